The van der Waals surface area contributed by atoms with E-state index in [1.165, 1.54) is 6.07 Å². The quantitative estimate of drug-likeness (QED) is 0.794. The number of alkyl halides is 2. The second kappa shape index (κ2) is 4.19. The number of rotatable bonds is 2. The first-order valence-corrected chi connectivity index (χ1v) is 3.96. The van der Waals surface area contributed by atoms with Crippen molar-refractivity contribution in [3.05, 3.63) is 28.0 Å². The maximum atomic E-state index is 12.5. The van der Waals surface area contributed by atoms with E-state index in [0.717, 1.165) is 0 Å². The Labute approximate surface area is 87.7 Å². The minimum atomic E-state index is -3.09. The van der Waals surface area contributed by atoms with Gasteiger partial charge in [-0.2, -0.15) is 5.26 Å². The van der Waals surface area contributed by atoms with Crippen molar-refractivity contribution in [3.63, 3.8) is 0 Å². The van der Waals surface area contributed by atoms with Crippen LogP contribution in [0.5, 0.6) is 0 Å². The van der Waals surface area contributed by atoms with Crippen LogP contribution in [-0.2, 0) is 0 Å². The molecule has 78 valence electrons. The number of carboxylic acids is 1. The lowest BCUT2D eigenvalue weighted by Crippen LogP contribution is -2.07. The van der Waals surface area contributed by atoms with Crippen molar-refractivity contribution in [2.75, 3.05) is 0 Å². The number of aromatic carboxylic acids is 1. The van der Waals surface area contributed by atoms with E-state index in [1.54, 1.807) is 0 Å². The molecular formula is C8H3ClF2N2O2. The Balaban J connectivity index is 3.58. The summed E-state index contributed by atoms with van der Waals surface area (Å²) in [5.41, 5.74) is -2.22. The molecule has 0 aliphatic rings. The number of aromatic nitrogens is 1. The summed E-state index contributed by atoms with van der Waals surface area (Å²) in [6, 6.07) is 1.40. The van der Waals surface area contributed by atoms with Gasteiger partial charge < -0.3 is 5.11 Å². The Morgan fingerprint density at radius 2 is 2.27 bits per heavy atom. The van der Waals surface area contributed by atoms with E-state index in [9.17, 15) is 13.6 Å². The summed E-state index contributed by atoms with van der Waals surface area (Å²) in [5, 5.41) is 16.7. The van der Waals surface area contributed by atoms with Crippen molar-refractivity contribution in [3.8, 4) is 6.07 Å². The molecule has 4 nitrogen and oxygen atoms in total. The first-order chi connectivity index (χ1) is 6.99. The van der Waals surface area contributed by atoms with Crippen molar-refractivity contribution in [1.82, 2.24) is 4.98 Å². The Morgan fingerprint density at radius 3 is 2.67 bits per heavy atom. The summed E-state index contributed by atoms with van der Waals surface area (Å²) in [5.74, 6) is -1.58. The van der Waals surface area contributed by atoms with Gasteiger partial charge in [0.1, 0.15) is 11.2 Å². The molecule has 0 aliphatic carbocycles. The topological polar surface area (TPSA) is 74.0 Å². The van der Waals surface area contributed by atoms with E-state index in [2.05, 4.69) is 4.98 Å². The van der Waals surface area contributed by atoms with Gasteiger partial charge >= 0.3 is 5.97 Å². The number of hydrogen-bond acceptors (Lipinski definition) is 3. The fourth-order valence-electron chi connectivity index (χ4n) is 1.00. The van der Waals surface area contributed by atoms with Crippen LogP contribution in [0.1, 0.15) is 27.9 Å². The molecule has 1 aromatic rings. The van der Waals surface area contributed by atoms with Gasteiger partial charge in [-0.1, -0.05) is 11.6 Å². The van der Waals surface area contributed by atoms with Gasteiger partial charge in [0.15, 0.2) is 0 Å². The lowest BCUT2D eigenvalue weighted by molar-refractivity contribution is 0.0684. The number of halogens is 3. The van der Waals surface area contributed by atoms with Gasteiger partial charge in [-0.3, -0.25) is 0 Å². The van der Waals surface area contributed by atoms with Gasteiger partial charge in [-0.15, -0.1) is 0 Å². The Hall–Kier alpha value is -1.74. The molecule has 0 saturated carbocycles. The average Bonchev–Trinajstić information content (AvgIpc) is 2.16. The van der Waals surface area contributed by atoms with Crippen LogP contribution >= 0.6 is 11.6 Å². The highest BCUT2D eigenvalue weighted by Gasteiger charge is 2.24. The van der Waals surface area contributed by atoms with Crippen LogP contribution in [0.3, 0.4) is 0 Å². The number of hydrogen-bond donors (Lipinski definition) is 1. The van der Waals surface area contributed by atoms with Crippen LogP contribution in [0.2, 0.25) is 5.15 Å². The molecule has 1 heterocycles. The fraction of sp³-hybridized carbons (Fsp3) is 0.125. The number of carbonyl (C=O) groups is 1. The lowest BCUT2D eigenvalue weighted by atomic mass is 10.1. The second-order valence-electron chi connectivity index (χ2n) is 2.47. The number of carboxylic acid groups (broad SMARTS) is 1. The number of nitrogens with zero attached hydrogens (tertiary/aromatic N) is 2. The summed E-state index contributed by atoms with van der Waals surface area (Å²) >= 11 is 5.39. The monoisotopic (exact) mass is 232 g/mol. The Morgan fingerprint density at radius 1 is 1.67 bits per heavy atom. The zero-order valence-electron chi connectivity index (χ0n) is 7.04. The molecular weight excluding hydrogens is 230 g/mol. The molecule has 1 aromatic heterocycles. The van der Waals surface area contributed by atoms with Crippen LogP contribution in [0.15, 0.2) is 6.20 Å². The highest BCUT2D eigenvalue weighted by atomic mass is 35.5. The molecule has 7 heteroatoms. The summed E-state index contributed by atoms with van der Waals surface area (Å²) < 4.78 is 25.0. The third-order valence-electron chi connectivity index (χ3n) is 1.63. The average molecular weight is 233 g/mol. The third-order valence-corrected chi connectivity index (χ3v) is 1.92. The smallest absolute Gasteiger partial charge is 0.337 e. The highest BCUT2D eigenvalue weighted by molar-refractivity contribution is 6.30. The van der Waals surface area contributed by atoms with Crippen LogP contribution in [0, 0.1) is 11.3 Å². The summed E-state index contributed by atoms with van der Waals surface area (Å²) in [4.78, 5) is 13.9. The van der Waals surface area contributed by atoms with Crippen molar-refractivity contribution >= 4 is 17.6 Å². The molecule has 0 unspecified atom stereocenters. The first-order valence-electron chi connectivity index (χ1n) is 3.59. The Bertz CT molecular complexity index is 457. The summed E-state index contributed by atoms with van der Waals surface area (Å²) in [6.45, 7) is 0. The molecule has 0 spiro atoms. The van der Waals surface area contributed by atoms with Gasteiger partial charge in [0.2, 0.25) is 0 Å². The third kappa shape index (κ3) is 2.02. The van der Waals surface area contributed by atoms with Gasteiger partial charge in [0, 0.05) is 6.20 Å². The minimum Gasteiger partial charge on any atom is -0.478 e. The molecule has 0 radical (unpaired) electrons. The zero-order valence-corrected chi connectivity index (χ0v) is 7.79. The van der Waals surface area contributed by atoms with Gasteiger partial charge in [-0.25, -0.2) is 18.6 Å². The first kappa shape index (κ1) is 11.3. The zero-order chi connectivity index (χ0) is 11.6. The molecule has 0 saturated heterocycles. The molecule has 0 aromatic carbocycles. The second-order valence-corrected chi connectivity index (χ2v) is 2.83. The normalized spacial score (nSPS) is 10.1. The van der Waals surface area contributed by atoms with Crippen LogP contribution < -0.4 is 0 Å². The number of nitriles is 1. The standard InChI is InChI=1S/C8H3ClF2N2O2/c9-6-3(1-12)5(7(10)11)4(2-13-6)8(14)15/h2,7H,(H,14,15). The summed E-state index contributed by atoms with van der Waals surface area (Å²) in [7, 11) is 0. The van der Waals surface area contributed by atoms with Gasteiger partial charge in [0.05, 0.1) is 16.7 Å². The van der Waals surface area contributed by atoms with E-state index >= 15 is 0 Å². The van der Waals surface area contributed by atoms with Crippen molar-refractivity contribution in [2.24, 2.45) is 0 Å². The molecule has 0 atom stereocenters. The predicted octanol–water partition coefficient (Wildman–Crippen LogP) is 2.24. The fourth-order valence-corrected chi connectivity index (χ4v) is 1.20. The molecule has 0 bridgehead atoms. The maximum absolute atomic E-state index is 12.5. The van der Waals surface area contributed by atoms with Crippen molar-refractivity contribution in [2.45, 2.75) is 6.43 Å². The van der Waals surface area contributed by atoms with Crippen molar-refractivity contribution < 1.29 is 18.7 Å². The van der Waals surface area contributed by atoms with Crippen LogP contribution in [0.25, 0.3) is 0 Å². The van der Waals surface area contributed by atoms with E-state index in [4.69, 9.17) is 22.0 Å². The molecule has 0 aliphatic heterocycles. The van der Waals surface area contributed by atoms with E-state index < -0.39 is 34.2 Å². The molecule has 0 amide bonds. The van der Waals surface area contributed by atoms with Crippen molar-refractivity contribution in [1.29, 1.82) is 5.26 Å². The van der Waals surface area contributed by atoms with Crippen LogP contribution in [0.4, 0.5) is 8.78 Å². The van der Waals surface area contributed by atoms with E-state index in [-0.39, 0.29) is 0 Å². The largest absolute Gasteiger partial charge is 0.478 e. The van der Waals surface area contributed by atoms with E-state index in [0.29, 0.717) is 6.20 Å². The lowest BCUT2D eigenvalue weighted by Gasteiger charge is -2.07. The SMILES string of the molecule is N#Cc1c(Cl)ncc(C(=O)O)c1C(F)F. The minimum absolute atomic E-state index is 0.433. The van der Waals surface area contributed by atoms with Gasteiger partial charge in [-0.05, 0) is 0 Å². The Kier molecular flexibility index (Phi) is 3.17. The highest BCUT2D eigenvalue weighted by Crippen LogP contribution is 2.29. The molecule has 0 fully saturated rings. The predicted molar refractivity (Wildman–Crippen MR) is 45.9 cm³/mol. The van der Waals surface area contributed by atoms with Gasteiger partial charge in [0.25, 0.3) is 6.43 Å². The maximum Gasteiger partial charge on any atom is 0.337 e. The molecule has 1 N–H and O–H groups in total. The molecule has 1 rings (SSSR count). The summed E-state index contributed by atoms with van der Waals surface area (Å²) in [6.07, 6.45) is -2.39. The van der Waals surface area contributed by atoms with Crippen LogP contribution in [-0.4, -0.2) is 16.1 Å². The molecule has 15 heavy (non-hydrogen) atoms. The van der Waals surface area contributed by atoms with E-state index in [1.807, 2.05) is 0 Å². The number of pyridine rings is 1.